The molecule has 0 bridgehead atoms. The highest BCUT2D eigenvalue weighted by molar-refractivity contribution is 7.99. The minimum atomic E-state index is 0.382. The van der Waals surface area contributed by atoms with Crippen molar-refractivity contribution in [2.75, 3.05) is 0 Å². The van der Waals surface area contributed by atoms with E-state index in [1.807, 2.05) is 11.8 Å². The summed E-state index contributed by atoms with van der Waals surface area (Å²) in [7, 11) is 0. The fraction of sp³-hybridized carbons (Fsp3) is 0.333. The molecule has 0 radical (unpaired) electrons. The number of hydrogen-bond donors (Lipinski definition) is 0. The maximum atomic E-state index is 4.50. The van der Waals surface area contributed by atoms with E-state index in [9.17, 15) is 0 Å². The van der Waals surface area contributed by atoms with Gasteiger partial charge in [-0.15, -0.1) is 21.5 Å². The Morgan fingerprint density at radius 2 is 2.00 bits per heavy atom. The molecule has 1 atom stereocenters. The van der Waals surface area contributed by atoms with Crippen LogP contribution in [0.1, 0.15) is 47.3 Å². The van der Waals surface area contributed by atoms with E-state index in [0.717, 1.165) is 17.4 Å². The smallest absolute Gasteiger partial charge is 0.192 e. The van der Waals surface area contributed by atoms with E-state index >= 15 is 0 Å². The van der Waals surface area contributed by atoms with E-state index in [0.29, 0.717) is 11.3 Å². The first-order valence-corrected chi connectivity index (χ1v) is 9.75. The van der Waals surface area contributed by atoms with Crippen LogP contribution in [-0.4, -0.2) is 14.8 Å². The molecule has 2 heterocycles. The van der Waals surface area contributed by atoms with Gasteiger partial charge in [0.25, 0.3) is 0 Å². The SMILES string of the molecule is CC(Sc1nnc(Cc2cccs2)n1C1CC1)c1ccccc1. The maximum absolute atomic E-state index is 4.50. The molecule has 1 unspecified atom stereocenters. The molecule has 0 saturated heterocycles. The molecule has 1 aliphatic rings. The molecule has 0 aliphatic heterocycles. The molecule has 0 N–H and O–H groups in total. The molecule has 0 spiro atoms. The fourth-order valence-corrected chi connectivity index (χ4v) is 4.49. The summed E-state index contributed by atoms with van der Waals surface area (Å²) in [6.07, 6.45) is 3.40. The molecular formula is C18H19N3S2. The topological polar surface area (TPSA) is 30.7 Å². The number of hydrogen-bond acceptors (Lipinski definition) is 4. The van der Waals surface area contributed by atoms with Gasteiger partial charge in [0.1, 0.15) is 5.82 Å². The van der Waals surface area contributed by atoms with Gasteiger partial charge in [-0.25, -0.2) is 0 Å². The first-order chi connectivity index (χ1) is 11.3. The highest BCUT2D eigenvalue weighted by Gasteiger charge is 2.30. The van der Waals surface area contributed by atoms with Gasteiger partial charge in [0.05, 0.1) is 0 Å². The summed E-state index contributed by atoms with van der Waals surface area (Å²) in [5.74, 6) is 1.11. The second-order valence-electron chi connectivity index (χ2n) is 5.93. The van der Waals surface area contributed by atoms with Crippen molar-refractivity contribution in [1.82, 2.24) is 14.8 Å². The molecule has 2 aromatic heterocycles. The van der Waals surface area contributed by atoms with Crippen molar-refractivity contribution < 1.29 is 0 Å². The van der Waals surface area contributed by atoms with Gasteiger partial charge >= 0.3 is 0 Å². The van der Waals surface area contributed by atoms with Gasteiger partial charge in [-0.05, 0) is 36.8 Å². The lowest BCUT2D eigenvalue weighted by Crippen LogP contribution is -2.04. The summed E-state index contributed by atoms with van der Waals surface area (Å²) in [5, 5.41) is 12.6. The number of aromatic nitrogens is 3. The zero-order chi connectivity index (χ0) is 15.6. The summed E-state index contributed by atoms with van der Waals surface area (Å²) in [5.41, 5.74) is 1.34. The monoisotopic (exact) mass is 341 g/mol. The molecule has 5 heteroatoms. The first kappa shape index (κ1) is 15.0. The zero-order valence-electron chi connectivity index (χ0n) is 13.1. The molecule has 1 aliphatic carbocycles. The molecule has 23 heavy (non-hydrogen) atoms. The van der Waals surface area contributed by atoms with E-state index in [2.05, 4.69) is 69.5 Å². The Bertz CT molecular complexity index is 761. The van der Waals surface area contributed by atoms with Gasteiger partial charge in [-0.3, -0.25) is 0 Å². The third kappa shape index (κ3) is 3.35. The van der Waals surface area contributed by atoms with Crippen LogP contribution < -0.4 is 0 Å². The normalized spacial score (nSPS) is 15.7. The van der Waals surface area contributed by atoms with Crippen LogP contribution in [0.5, 0.6) is 0 Å². The van der Waals surface area contributed by atoms with E-state index in [4.69, 9.17) is 0 Å². The predicted octanol–water partition coefficient (Wildman–Crippen LogP) is 5.12. The standard InChI is InChI=1S/C18H19N3S2/c1-13(14-6-3-2-4-7-14)23-18-20-19-17(21(18)15-9-10-15)12-16-8-5-11-22-16/h2-8,11,13,15H,9-10,12H2,1H3. The molecule has 4 rings (SSSR count). The van der Waals surface area contributed by atoms with Crippen LogP contribution in [0.4, 0.5) is 0 Å². The zero-order valence-corrected chi connectivity index (χ0v) is 14.7. The Balaban J connectivity index is 1.58. The molecule has 1 fully saturated rings. The molecule has 3 nitrogen and oxygen atoms in total. The average Bonchev–Trinajstić information content (AvgIpc) is 3.14. The van der Waals surface area contributed by atoms with Gasteiger partial charge in [0.2, 0.25) is 0 Å². The lowest BCUT2D eigenvalue weighted by molar-refractivity contribution is 0.634. The number of thioether (sulfide) groups is 1. The van der Waals surface area contributed by atoms with Crippen molar-refractivity contribution in [2.24, 2.45) is 0 Å². The Morgan fingerprint density at radius 3 is 2.70 bits per heavy atom. The summed E-state index contributed by atoms with van der Waals surface area (Å²) in [4.78, 5) is 1.35. The van der Waals surface area contributed by atoms with E-state index in [-0.39, 0.29) is 0 Å². The van der Waals surface area contributed by atoms with E-state index in [1.165, 1.54) is 23.3 Å². The minimum Gasteiger partial charge on any atom is -0.303 e. The lowest BCUT2D eigenvalue weighted by atomic mass is 10.2. The fourth-order valence-electron chi connectivity index (χ4n) is 2.73. The van der Waals surface area contributed by atoms with Gasteiger partial charge in [0.15, 0.2) is 5.16 Å². The van der Waals surface area contributed by atoms with Gasteiger partial charge in [0, 0.05) is 22.6 Å². The van der Waals surface area contributed by atoms with Crippen LogP contribution in [0.25, 0.3) is 0 Å². The van der Waals surface area contributed by atoms with Crippen molar-refractivity contribution in [2.45, 2.75) is 42.6 Å². The number of rotatable bonds is 6. The summed E-state index contributed by atoms with van der Waals surface area (Å²) in [6, 6.07) is 15.5. The van der Waals surface area contributed by atoms with E-state index in [1.54, 1.807) is 11.3 Å². The van der Waals surface area contributed by atoms with Crippen molar-refractivity contribution in [3.8, 4) is 0 Å². The Hall–Kier alpha value is -1.59. The Kier molecular flexibility index (Phi) is 4.23. The predicted molar refractivity (Wildman–Crippen MR) is 96.1 cm³/mol. The summed E-state index contributed by atoms with van der Waals surface area (Å²) < 4.78 is 2.38. The lowest BCUT2D eigenvalue weighted by Gasteiger charge is -2.13. The summed E-state index contributed by atoms with van der Waals surface area (Å²) >= 11 is 3.61. The van der Waals surface area contributed by atoms with Crippen molar-refractivity contribution in [3.63, 3.8) is 0 Å². The van der Waals surface area contributed by atoms with Crippen LogP contribution in [0.2, 0.25) is 0 Å². The van der Waals surface area contributed by atoms with Crippen LogP contribution in [0.3, 0.4) is 0 Å². The quantitative estimate of drug-likeness (QED) is 0.583. The molecule has 3 aromatic rings. The highest BCUT2D eigenvalue weighted by atomic mass is 32.2. The van der Waals surface area contributed by atoms with Gasteiger partial charge in [-0.1, -0.05) is 48.2 Å². The van der Waals surface area contributed by atoms with Crippen molar-refractivity contribution in [3.05, 3.63) is 64.1 Å². The number of thiophene rings is 1. The minimum absolute atomic E-state index is 0.382. The highest BCUT2D eigenvalue weighted by Crippen LogP contribution is 2.42. The average molecular weight is 342 g/mol. The Morgan fingerprint density at radius 1 is 1.17 bits per heavy atom. The van der Waals surface area contributed by atoms with Crippen LogP contribution in [0.15, 0.2) is 53.0 Å². The van der Waals surface area contributed by atoms with E-state index < -0.39 is 0 Å². The van der Waals surface area contributed by atoms with Crippen LogP contribution >= 0.6 is 23.1 Å². The molecule has 0 amide bonds. The number of nitrogens with zero attached hydrogens (tertiary/aromatic N) is 3. The molecule has 118 valence electrons. The largest absolute Gasteiger partial charge is 0.303 e. The molecule has 1 saturated carbocycles. The van der Waals surface area contributed by atoms with Crippen molar-refractivity contribution >= 4 is 23.1 Å². The van der Waals surface area contributed by atoms with Gasteiger partial charge in [-0.2, -0.15) is 0 Å². The third-order valence-electron chi connectivity index (χ3n) is 4.11. The molecular weight excluding hydrogens is 322 g/mol. The first-order valence-electron chi connectivity index (χ1n) is 7.99. The van der Waals surface area contributed by atoms with Crippen LogP contribution in [-0.2, 0) is 6.42 Å². The van der Waals surface area contributed by atoms with Crippen molar-refractivity contribution in [1.29, 1.82) is 0 Å². The maximum Gasteiger partial charge on any atom is 0.192 e. The second kappa shape index (κ2) is 6.49. The summed E-state index contributed by atoms with van der Waals surface area (Å²) in [6.45, 7) is 2.24. The van der Waals surface area contributed by atoms with Crippen LogP contribution in [0, 0.1) is 0 Å². The Labute approximate surface area is 144 Å². The molecule has 1 aromatic carbocycles. The third-order valence-corrected chi connectivity index (χ3v) is 6.10. The van der Waals surface area contributed by atoms with Gasteiger partial charge < -0.3 is 4.57 Å². The second-order valence-corrected chi connectivity index (χ2v) is 8.27. The number of benzene rings is 1.